The minimum Gasteiger partial charge on any atom is -0.478 e. The maximum atomic E-state index is 13.5. The van der Waals surface area contributed by atoms with Gasteiger partial charge in [0.1, 0.15) is 22.1 Å². The summed E-state index contributed by atoms with van der Waals surface area (Å²) in [6.45, 7) is 0.207. The summed E-state index contributed by atoms with van der Waals surface area (Å²) in [5.41, 5.74) is 4.79. The molecule has 6 nitrogen and oxygen atoms in total. The Bertz CT molecular complexity index is 672. The number of rotatable bonds is 4. The Hall–Kier alpha value is -2.32. The number of anilines is 1. The van der Waals surface area contributed by atoms with E-state index in [0.29, 0.717) is 5.01 Å². The van der Waals surface area contributed by atoms with Crippen LogP contribution in [0.15, 0.2) is 23.6 Å². The highest BCUT2D eigenvalue weighted by Crippen LogP contribution is 2.20. The molecule has 0 atom stereocenters. The molecule has 0 aliphatic carbocycles. The molecule has 1 aromatic heterocycles. The van der Waals surface area contributed by atoms with E-state index in [-0.39, 0.29) is 17.9 Å². The molecule has 0 aliphatic rings. The van der Waals surface area contributed by atoms with E-state index in [9.17, 15) is 14.0 Å². The summed E-state index contributed by atoms with van der Waals surface area (Å²) in [5, 5.41) is 13.4. The van der Waals surface area contributed by atoms with Crippen molar-refractivity contribution < 1.29 is 19.1 Å². The van der Waals surface area contributed by atoms with E-state index < -0.39 is 23.3 Å². The molecule has 0 saturated heterocycles. The molecule has 0 saturated carbocycles. The number of carboxylic acids is 1. The quantitative estimate of drug-likeness (QED) is 0.796. The van der Waals surface area contributed by atoms with Gasteiger partial charge >= 0.3 is 5.97 Å². The molecule has 1 heterocycles. The molecule has 104 valence electrons. The van der Waals surface area contributed by atoms with Crippen molar-refractivity contribution in [1.82, 2.24) is 4.98 Å². The lowest BCUT2D eigenvalue weighted by molar-refractivity contribution is 0.0693. The van der Waals surface area contributed by atoms with E-state index in [1.165, 1.54) is 28.8 Å². The van der Waals surface area contributed by atoms with Crippen LogP contribution in [0.1, 0.15) is 25.9 Å². The van der Waals surface area contributed by atoms with Gasteiger partial charge in [-0.25, -0.2) is 14.2 Å². The number of amides is 1. The van der Waals surface area contributed by atoms with Gasteiger partial charge < -0.3 is 16.2 Å². The molecule has 0 fully saturated rings. The number of hydrogen-bond acceptors (Lipinski definition) is 5. The topological polar surface area (TPSA) is 105 Å². The average molecular weight is 295 g/mol. The van der Waals surface area contributed by atoms with Crippen LogP contribution in [-0.2, 0) is 6.54 Å². The van der Waals surface area contributed by atoms with Gasteiger partial charge in [-0.2, -0.15) is 0 Å². The molecule has 1 amide bonds. The molecule has 1 aromatic carbocycles. The minimum absolute atomic E-state index is 0.107. The van der Waals surface area contributed by atoms with Gasteiger partial charge in [0.25, 0.3) is 5.91 Å². The predicted octanol–water partition coefficient (Wildman–Crippen LogP) is 1.69. The molecular weight excluding hydrogens is 285 g/mol. The normalized spacial score (nSPS) is 10.3. The van der Waals surface area contributed by atoms with Crippen LogP contribution in [-0.4, -0.2) is 22.0 Å². The number of nitrogens with one attached hydrogen (secondary N) is 1. The Kier molecular flexibility index (Phi) is 4.06. The fraction of sp³-hybridized carbons (Fsp3) is 0.0833. The first-order valence-electron chi connectivity index (χ1n) is 5.50. The zero-order chi connectivity index (χ0) is 14.7. The molecule has 0 bridgehead atoms. The van der Waals surface area contributed by atoms with Gasteiger partial charge in [-0.1, -0.05) is 6.07 Å². The number of aromatic carboxylic acids is 1. The smallest absolute Gasteiger partial charge is 0.340 e. The lowest BCUT2D eigenvalue weighted by atomic mass is 10.1. The van der Waals surface area contributed by atoms with Crippen molar-refractivity contribution in [3.05, 3.63) is 45.7 Å². The van der Waals surface area contributed by atoms with Crippen LogP contribution < -0.4 is 11.1 Å². The lowest BCUT2D eigenvalue weighted by Gasteiger charge is -2.07. The van der Waals surface area contributed by atoms with E-state index in [4.69, 9.17) is 10.8 Å². The molecule has 4 N–H and O–H groups in total. The SMILES string of the molecule is NCc1nc(C(=O)Nc2cccc(F)c2C(=O)O)cs1. The van der Waals surface area contributed by atoms with Crippen molar-refractivity contribution in [2.75, 3.05) is 5.32 Å². The highest BCUT2D eigenvalue weighted by molar-refractivity contribution is 7.09. The van der Waals surface area contributed by atoms with Gasteiger partial charge in [0.2, 0.25) is 0 Å². The maximum absolute atomic E-state index is 13.5. The fourth-order valence-electron chi connectivity index (χ4n) is 1.54. The third-order valence-corrected chi connectivity index (χ3v) is 3.31. The largest absolute Gasteiger partial charge is 0.478 e. The van der Waals surface area contributed by atoms with Gasteiger partial charge in [-0.3, -0.25) is 4.79 Å². The Morgan fingerprint density at radius 3 is 2.80 bits per heavy atom. The van der Waals surface area contributed by atoms with Gasteiger partial charge in [-0.15, -0.1) is 11.3 Å². The van der Waals surface area contributed by atoms with Crippen LogP contribution in [0.4, 0.5) is 10.1 Å². The van der Waals surface area contributed by atoms with Crippen LogP contribution in [0.3, 0.4) is 0 Å². The van der Waals surface area contributed by atoms with Crippen molar-refractivity contribution in [2.24, 2.45) is 5.73 Å². The molecule has 20 heavy (non-hydrogen) atoms. The summed E-state index contributed by atoms with van der Waals surface area (Å²) in [7, 11) is 0. The second-order valence-electron chi connectivity index (χ2n) is 3.75. The molecule has 0 spiro atoms. The first-order chi connectivity index (χ1) is 9.52. The molecule has 8 heteroatoms. The Morgan fingerprint density at radius 2 is 2.20 bits per heavy atom. The summed E-state index contributed by atoms with van der Waals surface area (Å²) in [6, 6.07) is 3.62. The van der Waals surface area contributed by atoms with Crippen molar-refractivity contribution in [3.8, 4) is 0 Å². The third kappa shape index (κ3) is 2.81. The third-order valence-electron chi connectivity index (χ3n) is 2.43. The number of thiazole rings is 1. The van der Waals surface area contributed by atoms with E-state index in [0.717, 1.165) is 6.07 Å². The highest BCUT2D eigenvalue weighted by Gasteiger charge is 2.18. The maximum Gasteiger partial charge on any atom is 0.340 e. The van der Waals surface area contributed by atoms with E-state index in [1.807, 2.05) is 0 Å². The summed E-state index contributed by atoms with van der Waals surface area (Å²) in [6.07, 6.45) is 0. The number of halogens is 1. The Balaban J connectivity index is 2.28. The number of aromatic nitrogens is 1. The number of carbonyl (C=O) groups excluding carboxylic acids is 1. The van der Waals surface area contributed by atoms with Gasteiger partial charge in [0.15, 0.2) is 0 Å². The van der Waals surface area contributed by atoms with Crippen molar-refractivity contribution in [3.63, 3.8) is 0 Å². The standard InChI is InChI=1S/C12H10FN3O3S/c13-6-2-1-3-7(10(6)12(18)19)16-11(17)8-5-20-9(4-14)15-8/h1-3,5H,4,14H2,(H,16,17)(H,18,19). The van der Waals surface area contributed by atoms with Gasteiger partial charge in [-0.05, 0) is 12.1 Å². The molecule has 0 radical (unpaired) electrons. The molecule has 0 aliphatic heterocycles. The number of carbonyl (C=O) groups is 2. The first-order valence-corrected chi connectivity index (χ1v) is 6.38. The zero-order valence-electron chi connectivity index (χ0n) is 10.1. The van der Waals surface area contributed by atoms with Crippen molar-refractivity contribution in [2.45, 2.75) is 6.54 Å². The second kappa shape index (κ2) is 5.76. The van der Waals surface area contributed by atoms with E-state index >= 15 is 0 Å². The fourth-order valence-corrected chi connectivity index (χ4v) is 2.20. The molecular formula is C12H10FN3O3S. The van der Waals surface area contributed by atoms with Gasteiger partial charge in [0.05, 0.1) is 5.69 Å². The lowest BCUT2D eigenvalue weighted by Crippen LogP contribution is -2.16. The minimum atomic E-state index is -1.46. The van der Waals surface area contributed by atoms with E-state index in [2.05, 4.69) is 10.3 Å². The zero-order valence-corrected chi connectivity index (χ0v) is 10.9. The Morgan fingerprint density at radius 1 is 1.45 bits per heavy atom. The number of nitrogens with two attached hydrogens (primary N) is 1. The summed E-state index contributed by atoms with van der Waals surface area (Å²) >= 11 is 1.21. The second-order valence-corrected chi connectivity index (χ2v) is 4.69. The molecule has 2 aromatic rings. The molecule has 0 unspecified atom stereocenters. The number of nitrogens with zero attached hydrogens (tertiary/aromatic N) is 1. The number of carboxylic acid groups (broad SMARTS) is 1. The van der Waals surface area contributed by atoms with Crippen LogP contribution >= 0.6 is 11.3 Å². The number of benzene rings is 1. The summed E-state index contributed by atoms with van der Waals surface area (Å²) in [4.78, 5) is 26.9. The van der Waals surface area contributed by atoms with Crippen molar-refractivity contribution in [1.29, 1.82) is 0 Å². The van der Waals surface area contributed by atoms with Crippen LogP contribution in [0.2, 0.25) is 0 Å². The summed E-state index contributed by atoms with van der Waals surface area (Å²) in [5.74, 6) is -3.00. The van der Waals surface area contributed by atoms with Crippen LogP contribution in [0.5, 0.6) is 0 Å². The highest BCUT2D eigenvalue weighted by atomic mass is 32.1. The monoisotopic (exact) mass is 295 g/mol. The average Bonchev–Trinajstić information content (AvgIpc) is 2.87. The van der Waals surface area contributed by atoms with Crippen LogP contribution in [0, 0.1) is 5.82 Å². The predicted molar refractivity (Wildman–Crippen MR) is 71.3 cm³/mol. The Labute approximate surface area is 117 Å². The number of hydrogen-bond donors (Lipinski definition) is 3. The first kappa shape index (κ1) is 14.1. The molecule has 2 rings (SSSR count). The van der Waals surface area contributed by atoms with Crippen molar-refractivity contribution >= 4 is 28.9 Å². The van der Waals surface area contributed by atoms with Gasteiger partial charge in [0, 0.05) is 11.9 Å². The van der Waals surface area contributed by atoms with Crippen LogP contribution in [0.25, 0.3) is 0 Å². The van der Waals surface area contributed by atoms with E-state index in [1.54, 1.807) is 0 Å². The summed E-state index contributed by atoms with van der Waals surface area (Å²) < 4.78 is 13.5.